The zero-order valence-corrected chi connectivity index (χ0v) is 34.3. The van der Waals surface area contributed by atoms with Gasteiger partial charge in [0.2, 0.25) is 5.91 Å². The van der Waals surface area contributed by atoms with Crippen LogP contribution in [0.15, 0.2) is 101 Å². The maximum Gasteiger partial charge on any atom is 0.442 e. The highest BCUT2D eigenvalue weighted by Gasteiger charge is 2.59. The van der Waals surface area contributed by atoms with E-state index in [4.69, 9.17) is 14.2 Å². The van der Waals surface area contributed by atoms with Crippen LogP contribution in [0.4, 0.5) is 16.2 Å². The molecule has 62 heavy (non-hydrogen) atoms. The first-order valence-corrected chi connectivity index (χ1v) is 19.9. The molecule has 2 fully saturated rings. The number of benzene rings is 4. The highest BCUT2D eigenvalue weighted by atomic mass is 16.6. The molecular weight excluding hydrogens is 805 g/mol. The van der Waals surface area contributed by atoms with Crippen molar-refractivity contribution in [1.82, 2.24) is 9.80 Å². The number of nitrogens with zero attached hydrogens (tertiary/aromatic N) is 6. The first-order valence-electron chi connectivity index (χ1n) is 19.9. The van der Waals surface area contributed by atoms with E-state index in [-0.39, 0.29) is 64.5 Å². The van der Waals surface area contributed by atoms with Gasteiger partial charge in [-0.05, 0) is 41.6 Å². The number of rotatable bonds is 12. The Balaban J connectivity index is 1.02. The van der Waals surface area contributed by atoms with Crippen molar-refractivity contribution in [3.05, 3.63) is 133 Å². The summed E-state index contributed by atoms with van der Waals surface area (Å²) in [6, 6.07) is 20.7. The van der Waals surface area contributed by atoms with Gasteiger partial charge in [-0.25, -0.2) is 19.2 Å². The largest absolute Gasteiger partial charge is 0.488 e. The molecule has 320 valence electrons. The second-order valence-electron chi connectivity index (χ2n) is 16.1. The average Bonchev–Trinajstić information content (AvgIpc) is 3.49. The van der Waals surface area contributed by atoms with E-state index in [1.54, 1.807) is 0 Å². The molecule has 0 spiro atoms. The van der Waals surface area contributed by atoms with Crippen molar-refractivity contribution in [2.45, 2.75) is 33.4 Å². The summed E-state index contributed by atoms with van der Waals surface area (Å²) in [5.41, 5.74) is 1.05. The molecule has 0 radical (unpaired) electrons. The number of nitro groups is 2. The molecule has 0 unspecified atom stereocenters. The fourth-order valence-electron chi connectivity index (χ4n) is 8.35. The molecule has 0 aliphatic carbocycles. The smallest absolute Gasteiger partial charge is 0.442 e. The first kappa shape index (κ1) is 42.8. The summed E-state index contributed by atoms with van der Waals surface area (Å²) < 4.78 is 17.2. The topological polar surface area (TPSA) is 218 Å². The number of β-lactam (4-membered cyclic amide) rings is 1. The van der Waals surface area contributed by atoms with E-state index in [1.165, 1.54) is 35.5 Å². The molecule has 4 aromatic rings. The summed E-state index contributed by atoms with van der Waals surface area (Å²) in [6.45, 7) is 8.98. The first-order chi connectivity index (χ1) is 29.5. The predicted octanol–water partition coefficient (Wildman–Crippen LogP) is 6.07. The maximum absolute atomic E-state index is 13.7. The minimum Gasteiger partial charge on any atom is -0.488 e. The van der Waals surface area contributed by atoms with E-state index in [1.807, 2.05) is 56.0 Å². The molecule has 0 bridgehead atoms. The number of non-ortho nitro benzene ring substituents is 2. The predicted molar refractivity (Wildman–Crippen MR) is 222 cm³/mol. The number of carbonyl (C=O) groups is 5. The highest BCUT2D eigenvalue weighted by Crippen LogP contribution is 2.49. The van der Waals surface area contributed by atoms with Crippen LogP contribution in [0.5, 0.6) is 5.75 Å². The van der Waals surface area contributed by atoms with Gasteiger partial charge in [0.05, 0.1) is 72.5 Å². The zero-order valence-electron chi connectivity index (χ0n) is 34.3. The van der Waals surface area contributed by atoms with E-state index in [0.29, 0.717) is 48.5 Å². The maximum atomic E-state index is 13.7. The van der Waals surface area contributed by atoms with Gasteiger partial charge in [0.15, 0.2) is 0 Å². The SMILES string of the molecule is CC(C)[C@H]1C(=O)N2C(C(=O)OC(=O)c3ccc([N+](=O)[O-])cc3)=C(COc3cccc4c(C[N+]5(C)CCN(C=NC(=O)OC(=O)c6ccc([N+](=O)[O-])cc6)CC5)cccc34)[C@H](C)[C@H]12. The van der Waals surface area contributed by atoms with Gasteiger partial charge in [-0.15, -0.1) is 0 Å². The van der Waals surface area contributed by atoms with Gasteiger partial charge in [0.1, 0.15) is 24.6 Å². The van der Waals surface area contributed by atoms with Crippen LogP contribution in [-0.2, 0) is 25.6 Å². The molecule has 18 nitrogen and oxygen atoms in total. The van der Waals surface area contributed by atoms with Gasteiger partial charge in [0.25, 0.3) is 11.4 Å². The number of esters is 3. The lowest BCUT2D eigenvalue weighted by Crippen LogP contribution is -2.62. The van der Waals surface area contributed by atoms with Gasteiger partial charge >= 0.3 is 24.0 Å². The number of nitro benzene ring substituents is 2. The highest BCUT2D eigenvalue weighted by molar-refractivity contribution is 6.06. The lowest BCUT2D eigenvalue weighted by molar-refractivity contribution is -0.925. The summed E-state index contributed by atoms with van der Waals surface area (Å²) in [5.74, 6) is -3.29. The Labute approximate surface area is 354 Å². The molecule has 3 heterocycles. The van der Waals surface area contributed by atoms with Crippen LogP contribution in [0.1, 0.15) is 47.1 Å². The van der Waals surface area contributed by atoms with Crippen molar-refractivity contribution in [1.29, 1.82) is 0 Å². The summed E-state index contributed by atoms with van der Waals surface area (Å²) in [4.78, 5) is 92.6. The third-order valence-electron chi connectivity index (χ3n) is 11.8. The molecule has 3 aliphatic heterocycles. The number of carbonyl (C=O) groups excluding carboxylic acids is 5. The number of aliphatic imine (C=N–C) groups is 1. The summed E-state index contributed by atoms with van der Waals surface area (Å²) in [6.07, 6.45) is 0.244. The van der Waals surface area contributed by atoms with Crippen molar-refractivity contribution in [2.75, 3.05) is 39.8 Å². The number of ether oxygens (including phenoxy) is 3. The molecule has 3 aliphatic rings. The van der Waals surface area contributed by atoms with Crippen molar-refractivity contribution in [3.63, 3.8) is 0 Å². The molecule has 3 atom stereocenters. The van der Waals surface area contributed by atoms with E-state index in [0.717, 1.165) is 40.6 Å². The van der Waals surface area contributed by atoms with Gasteiger partial charge < -0.3 is 28.5 Å². The van der Waals surface area contributed by atoms with Crippen LogP contribution in [0.3, 0.4) is 0 Å². The lowest BCUT2D eigenvalue weighted by Gasteiger charge is -2.47. The van der Waals surface area contributed by atoms with Crippen molar-refractivity contribution >= 4 is 58.4 Å². The lowest BCUT2D eigenvalue weighted by atomic mass is 9.74. The van der Waals surface area contributed by atoms with E-state index >= 15 is 0 Å². The van der Waals surface area contributed by atoms with Crippen LogP contribution in [0.2, 0.25) is 0 Å². The Morgan fingerprint density at radius 2 is 1.39 bits per heavy atom. The van der Waals surface area contributed by atoms with Crippen LogP contribution >= 0.6 is 0 Å². The van der Waals surface area contributed by atoms with E-state index in [9.17, 15) is 44.2 Å². The van der Waals surface area contributed by atoms with E-state index in [2.05, 4.69) is 18.1 Å². The quantitative estimate of drug-likeness (QED) is 0.0231. The molecule has 7 rings (SSSR count). The Hall–Kier alpha value is -7.34. The average molecular weight is 848 g/mol. The van der Waals surface area contributed by atoms with Gasteiger partial charge in [-0.3, -0.25) is 25.0 Å². The summed E-state index contributed by atoms with van der Waals surface area (Å²) in [5, 5.41) is 23.8. The summed E-state index contributed by atoms with van der Waals surface area (Å²) >= 11 is 0. The Morgan fingerprint density at radius 1 is 0.823 bits per heavy atom. The number of piperazine rings is 1. The van der Waals surface area contributed by atoms with Crippen molar-refractivity contribution in [3.8, 4) is 5.75 Å². The number of hydrogen-bond donors (Lipinski definition) is 0. The van der Waals surface area contributed by atoms with Crippen LogP contribution in [0, 0.1) is 38.0 Å². The van der Waals surface area contributed by atoms with Gasteiger partial charge in [-0.1, -0.05) is 51.1 Å². The Morgan fingerprint density at radius 3 is 1.97 bits per heavy atom. The van der Waals surface area contributed by atoms with Crippen LogP contribution in [-0.4, -0.2) is 106 Å². The molecular formula is C44H43N6O12+. The standard InChI is InChI=1S/C44H43N6O12/c1-26(2)37-38-27(3)35(39(47(38)40(37)51)43(54)61-41(52)28-11-15-31(16-12-28)48(56)57)24-60-36-10-6-8-33-30(7-5-9-34(33)36)23-50(4)21-19-46(20-22-50)25-45-44(55)62-42(53)29-13-17-32(18-14-29)49(58)59/h5-18,25-27,37-38H,19-24H2,1-4H3/q+1/t27-,37+,38+/m0/s1. The second-order valence-corrected chi connectivity index (χ2v) is 16.1. The Kier molecular flexibility index (Phi) is 12.0. The molecule has 0 N–H and O–H groups in total. The molecule has 2 saturated heterocycles. The van der Waals surface area contributed by atoms with Crippen LogP contribution in [0.25, 0.3) is 10.8 Å². The molecule has 2 amide bonds. The van der Waals surface area contributed by atoms with Gasteiger partial charge in [-0.2, -0.15) is 4.99 Å². The minimum atomic E-state index is -1.10. The number of fused-ring (bicyclic) bond motifs is 2. The fraction of sp³-hybridized carbons (Fsp3) is 0.318. The molecule has 0 saturated carbocycles. The fourth-order valence-corrected chi connectivity index (χ4v) is 8.35. The number of amides is 2. The zero-order chi connectivity index (χ0) is 44.5. The molecule has 18 heteroatoms. The minimum absolute atomic E-state index is 0.00114. The number of quaternary nitrogens is 1. The molecule has 4 aromatic carbocycles. The van der Waals surface area contributed by atoms with E-state index < -0.39 is 33.8 Å². The number of likely N-dealkylation sites (N-methyl/N-ethyl adjacent to an activating group) is 1. The Bertz CT molecular complexity index is 2550. The summed E-state index contributed by atoms with van der Waals surface area (Å²) in [7, 11) is 2.14. The normalized spacial score (nSPS) is 19.3. The third kappa shape index (κ3) is 8.62. The van der Waals surface area contributed by atoms with Crippen LogP contribution < -0.4 is 4.74 Å². The third-order valence-corrected chi connectivity index (χ3v) is 11.8. The van der Waals surface area contributed by atoms with Crippen molar-refractivity contribution in [2.24, 2.45) is 22.7 Å². The number of hydrogen-bond acceptors (Lipinski definition) is 12. The second kappa shape index (κ2) is 17.3. The van der Waals surface area contributed by atoms with Gasteiger partial charge in [0, 0.05) is 46.7 Å². The monoisotopic (exact) mass is 847 g/mol. The molecule has 0 aromatic heterocycles. The van der Waals surface area contributed by atoms with Crippen molar-refractivity contribution < 1.29 is 52.5 Å².